The Labute approximate surface area is 83.5 Å². The van der Waals surface area contributed by atoms with Gasteiger partial charge in [0.2, 0.25) is 0 Å². The van der Waals surface area contributed by atoms with Crippen molar-refractivity contribution in [1.29, 1.82) is 0 Å². The molecule has 1 aliphatic rings. The molecule has 2 nitrogen and oxygen atoms in total. The second-order valence-electron chi connectivity index (χ2n) is 3.06. The molecule has 70 valence electrons. The van der Waals surface area contributed by atoms with Crippen LogP contribution >= 0.6 is 15.9 Å². The van der Waals surface area contributed by atoms with E-state index >= 15 is 0 Å². The standard InChI is InChI=1S/C9H8BrFO2/c1-4-9(13-4)5-2-3-6(10)8(12)7(5)11/h2-4,9,12H,1H3/t4-,9?/m1/s1. The van der Waals surface area contributed by atoms with E-state index in [2.05, 4.69) is 15.9 Å². The molecule has 1 aromatic carbocycles. The van der Waals surface area contributed by atoms with Crippen LogP contribution in [0.5, 0.6) is 5.75 Å². The third-order valence-corrected chi connectivity index (χ3v) is 2.75. The third kappa shape index (κ3) is 1.44. The highest BCUT2D eigenvalue weighted by atomic mass is 79.9. The fraction of sp³-hybridized carbons (Fsp3) is 0.333. The van der Waals surface area contributed by atoms with Gasteiger partial charge in [-0.2, -0.15) is 0 Å². The minimum absolute atomic E-state index is 0.0510. The molecule has 0 bridgehead atoms. The topological polar surface area (TPSA) is 32.8 Å². The first kappa shape index (κ1) is 8.97. The molecule has 13 heavy (non-hydrogen) atoms. The molecule has 4 heteroatoms. The van der Waals surface area contributed by atoms with Gasteiger partial charge in [-0.25, -0.2) is 4.39 Å². The first-order valence-corrected chi connectivity index (χ1v) is 4.73. The lowest BCUT2D eigenvalue weighted by Crippen LogP contribution is -1.90. The summed E-state index contributed by atoms with van der Waals surface area (Å²) in [5.41, 5.74) is 0.424. The molecule has 2 atom stereocenters. The van der Waals surface area contributed by atoms with Crippen LogP contribution in [0.15, 0.2) is 16.6 Å². The van der Waals surface area contributed by atoms with Crippen molar-refractivity contribution < 1.29 is 14.2 Å². The quantitative estimate of drug-likeness (QED) is 0.774. The van der Waals surface area contributed by atoms with Crippen molar-refractivity contribution in [3.63, 3.8) is 0 Å². The lowest BCUT2D eigenvalue weighted by Gasteiger charge is -2.02. The number of phenolic OH excluding ortho intramolecular Hbond substituents is 1. The number of benzene rings is 1. The number of epoxide rings is 1. The number of hydrogen-bond acceptors (Lipinski definition) is 2. The van der Waals surface area contributed by atoms with Crippen molar-refractivity contribution in [3.05, 3.63) is 28.0 Å². The Morgan fingerprint density at radius 2 is 2.15 bits per heavy atom. The maximum atomic E-state index is 13.4. The summed E-state index contributed by atoms with van der Waals surface area (Å²) in [5, 5.41) is 9.27. The predicted molar refractivity (Wildman–Crippen MR) is 49.1 cm³/mol. The van der Waals surface area contributed by atoms with Crippen LogP contribution in [0.1, 0.15) is 18.6 Å². The lowest BCUT2D eigenvalue weighted by molar-refractivity contribution is 0.372. The summed E-state index contributed by atoms with van der Waals surface area (Å²) < 4.78 is 18.8. The fourth-order valence-corrected chi connectivity index (χ4v) is 1.59. The van der Waals surface area contributed by atoms with Crippen LogP contribution in [-0.4, -0.2) is 11.2 Å². The van der Waals surface area contributed by atoms with Crippen molar-refractivity contribution in [2.24, 2.45) is 0 Å². The van der Waals surface area contributed by atoms with Crippen LogP contribution < -0.4 is 0 Å². The molecule has 0 aliphatic carbocycles. The van der Waals surface area contributed by atoms with Gasteiger partial charge in [0.25, 0.3) is 0 Å². The average Bonchev–Trinajstić information content (AvgIpc) is 2.79. The van der Waals surface area contributed by atoms with Gasteiger partial charge in [-0.05, 0) is 28.9 Å². The smallest absolute Gasteiger partial charge is 0.171 e. The molecule has 2 rings (SSSR count). The summed E-state index contributed by atoms with van der Waals surface area (Å²) in [6.07, 6.45) is -0.144. The molecule has 1 aliphatic heterocycles. The Morgan fingerprint density at radius 1 is 1.54 bits per heavy atom. The highest BCUT2D eigenvalue weighted by Gasteiger charge is 2.38. The summed E-state index contributed by atoms with van der Waals surface area (Å²) >= 11 is 3.03. The fourth-order valence-electron chi connectivity index (χ4n) is 1.29. The molecule has 1 saturated heterocycles. The van der Waals surface area contributed by atoms with Crippen molar-refractivity contribution in [1.82, 2.24) is 0 Å². The van der Waals surface area contributed by atoms with Gasteiger partial charge < -0.3 is 9.84 Å². The minimum Gasteiger partial charge on any atom is -0.504 e. The predicted octanol–water partition coefficient (Wildman–Crippen LogP) is 2.75. The molecular formula is C9H8BrFO2. The van der Waals surface area contributed by atoms with Gasteiger partial charge in [0.15, 0.2) is 11.6 Å². The van der Waals surface area contributed by atoms with Crippen molar-refractivity contribution >= 4 is 15.9 Å². The zero-order chi connectivity index (χ0) is 9.59. The van der Waals surface area contributed by atoms with Crippen LogP contribution in [0.2, 0.25) is 0 Å². The molecular weight excluding hydrogens is 239 g/mol. The van der Waals surface area contributed by atoms with Crippen molar-refractivity contribution in [2.75, 3.05) is 0 Å². The van der Waals surface area contributed by atoms with Crippen LogP contribution in [0.3, 0.4) is 0 Å². The maximum Gasteiger partial charge on any atom is 0.171 e. The molecule has 0 saturated carbocycles. The van der Waals surface area contributed by atoms with Crippen molar-refractivity contribution in [2.45, 2.75) is 19.1 Å². The Bertz CT molecular complexity index is 354. The Hall–Kier alpha value is -0.610. The van der Waals surface area contributed by atoms with E-state index in [0.717, 1.165) is 0 Å². The minimum atomic E-state index is -0.594. The van der Waals surface area contributed by atoms with Crippen LogP contribution in [0.25, 0.3) is 0 Å². The number of aromatic hydroxyl groups is 1. The van der Waals surface area contributed by atoms with Gasteiger partial charge >= 0.3 is 0 Å². The van der Waals surface area contributed by atoms with Crippen LogP contribution in [-0.2, 0) is 4.74 Å². The molecule has 0 amide bonds. The summed E-state index contributed by atoms with van der Waals surface area (Å²) in [5.74, 6) is -0.941. The van der Waals surface area contributed by atoms with Crippen LogP contribution in [0.4, 0.5) is 4.39 Å². The van der Waals surface area contributed by atoms with E-state index in [9.17, 15) is 9.50 Å². The van der Waals surface area contributed by atoms with E-state index < -0.39 is 5.82 Å². The first-order chi connectivity index (χ1) is 6.11. The molecule has 0 radical (unpaired) electrons. The second kappa shape index (κ2) is 2.96. The lowest BCUT2D eigenvalue weighted by atomic mass is 10.1. The Kier molecular flexibility index (Phi) is 2.04. The number of phenols is 1. The van der Waals surface area contributed by atoms with Gasteiger partial charge in [0, 0.05) is 5.56 Å². The van der Waals surface area contributed by atoms with Crippen LogP contribution in [0, 0.1) is 5.82 Å². The monoisotopic (exact) mass is 246 g/mol. The number of halogens is 2. The molecule has 1 unspecified atom stereocenters. The summed E-state index contributed by atoms with van der Waals surface area (Å²) in [7, 11) is 0. The number of hydrogen-bond donors (Lipinski definition) is 1. The molecule has 1 N–H and O–H groups in total. The second-order valence-corrected chi connectivity index (χ2v) is 3.92. The molecule has 0 spiro atoms. The van der Waals surface area contributed by atoms with E-state index in [4.69, 9.17) is 4.74 Å². The van der Waals surface area contributed by atoms with E-state index in [1.807, 2.05) is 6.92 Å². The summed E-state index contributed by atoms with van der Waals surface area (Å²) in [6.45, 7) is 1.86. The molecule has 1 aromatic rings. The Balaban J connectivity index is 2.43. The molecule has 1 fully saturated rings. The average molecular weight is 247 g/mol. The SMILES string of the molecule is C[C@H]1OC1c1ccc(Br)c(O)c1F. The number of rotatable bonds is 1. The summed E-state index contributed by atoms with van der Waals surface area (Å²) in [6, 6.07) is 3.23. The zero-order valence-electron chi connectivity index (χ0n) is 6.92. The van der Waals surface area contributed by atoms with Gasteiger partial charge in [-0.15, -0.1) is 0 Å². The molecule has 0 aromatic heterocycles. The number of ether oxygens (including phenoxy) is 1. The zero-order valence-corrected chi connectivity index (χ0v) is 8.51. The third-order valence-electron chi connectivity index (χ3n) is 2.11. The van der Waals surface area contributed by atoms with E-state index in [-0.39, 0.29) is 18.0 Å². The highest BCUT2D eigenvalue weighted by Crippen LogP contribution is 2.42. The molecule has 1 heterocycles. The van der Waals surface area contributed by atoms with Crippen molar-refractivity contribution in [3.8, 4) is 5.75 Å². The van der Waals surface area contributed by atoms with Gasteiger partial charge in [-0.1, -0.05) is 6.07 Å². The largest absolute Gasteiger partial charge is 0.504 e. The van der Waals surface area contributed by atoms with E-state index in [0.29, 0.717) is 10.0 Å². The van der Waals surface area contributed by atoms with Gasteiger partial charge in [-0.3, -0.25) is 0 Å². The van der Waals surface area contributed by atoms with Gasteiger partial charge in [0.1, 0.15) is 6.10 Å². The highest BCUT2D eigenvalue weighted by molar-refractivity contribution is 9.10. The first-order valence-electron chi connectivity index (χ1n) is 3.93. The Morgan fingerprint density at radius 3 is 2.69 bits per heavy atom. The van der Waals surface area contributed by atoms with E-state index in [1.165, 1.54) is 0 Å². The summed E-state index contributed by atoms with van der Waals surface area (Å²) in [4.78, 5) is 0. The van der Waals surface area contributed by atoms with Gasteiger partial charge in [0.05, 0.1) is 10.6 Å². The van der Waals surface area contributed by atoms with E-state index in [1.54, 1.807) is 12.1 Å². The maximum absolute atomic E-state index is 13.4. The normalized spacial score (nSPS) is 26.1.